The second-order valence-electron chi connectivity index (χ2n) is 26.3. The number of ether oxygens (including phenoxy) is 1. The summed E-state index contributed by atoms with van der Waals surface area (Å²) in [7, 11) is 0. The van der Waals surface area contributed by atoms with Gasteiger partial charge in [0.05, 0.1) is 25.4 Å². The molecule has 0 aliphatic heterocycles. The molecule has 0 aromatic heterocycles. The van der Waals surface area contributed by atoms with Crippen molar-refractivity contribution >= 4 is 11.9 Å². The SMILES string of the molecule is CCCCCCCCCCCCCCCCCCCCCC/C=C/C(O)C(CO)NC(=O)CCCCCCCCCCCCCCCCC/C=C\CCCCCCCCCCCCCCOC(=O)CCCCCCCCCCCCCCC. The number of carbonyl (C=O) groups is 2. The molecule has 2 unspecified atom stereocenters. The van der Waals surface area contributed by atoms with Crippen molar-refractivity contribution in [2.45, 2.75) is 443 Å². The lowest BCUT2D eigenvalue weighted by atomic mass is 10.0. The van der Waals surface area contributed by atoms with Crippen LogP contribution in [0.15, 0.2) is 24.3 Å². The van der Waals surface area contributed by atoms with Crippen LogP contribution in [0.2, 0.25) is 0 Å². The van der Waals surface area contributed by atoms with Gasteiger partial charge in [-0.2, -0.15) is 0 Å². The Morgan fingerprint density at radius 3 is 0.855 bits per heavy atom. The molecule has 492 valence electrons. The highest BCUT2D eigenvalue weighted by Crippen LogP contribution is 2.19. The van der Waals surface area contributed by atoms with Gasteiger partial charge in [-0.3, -0.25) is 9.59 Å². The summed E-state index contributed by atoms with van der Waals surface area (Å²) in [5, 5.41) is 23.3. The van der Waals surface area contributed by atoms with Crippen LogP contribution in [0.1, 0.15) is 431 Å². The molecule has 0 aliphatic rings. The molecule has 83 heavy (non-hydrogen) atoms. The summed E-state index contributed by atoms with van der Waals surface area (Å²) in [6, 6.07) is -0.627. The van der Waals surface area contributed by atoms with E-state index in [4.69, 9.17) is 4.74 Å². The Morgan fingerprint density at radius 1 is 0.325 bits per heavy atom. The molecule has 0 bridgehead atoms. The van der Waals surface area contributed by atoms with Crippen molar-refractivity contribution in [3.05, 3.63) is 24.3 Å². The number of unbranched alkanes of at least 4 members (excludes halogenated alkanes) is 59. The number of carbonyl (C=O) groups excluding carboxylic acids is 2. The van der Waals surface area contributed by atoms with Gasteiger partial charge in [0.2, 0.25) is 5.91 Å². The monoisotopic (exact) mass is 1170 g/mol. The number of aliphatic hydroxyl groups is 2. The third kappa shape index (κ3) is 69.3. The van der Waals surface area contributed by atoms with Gasteiger partial charge < -0.3 is 20.3 Å². The molecule has 1 amide bonds. The minimum atomic E-state index is -0.844. The molecule has 0 aromatic carbocycles. The number of rotatable bonds is 72. The molecule has 0 aliphatic carbocycles. The maximum atomic E-state index is 12.5. The van der Waals surface area contributed by atoms with E-state index in [1.807, 2.05) is 6.08 Å². The van der Waals surface area contributed by atoms with E-state index < -0.39 is 12.1 Å². The third-order valence-corrected chi connectivity index (χ3v) is 18.0. The third-order valence-electron chi connectivity index (χ3n) is 18.0. The lowest BCUT2D eigenvalue weighted by molar-refractivity contribution is -0.143. The van der Waals surface area contributed by atoms with Crippen LogP contribution in [-0.4, -0.2) is 47.4 Å². The van der Waals surface area contributed by atoms with E-state index in [0.717, 1.165) is 38.5 Å². The van der Waals surface area contributed by atoms with E-state index >= 15 is 0 Å². The lowest BCUT2D eigenvalue weighted by Crippen LogP contribution is -2.45. The van der Waals surface area contributed by atoms with Crippen LogP contribution in [0, 0.1) is 0 Å². The predicted molar refractivity (Wildman–Crippen MR) is 366 cm³/mol. The maximum absolute atomic E-state index is 12.5. The summed E-state index contributed by atoms with van der Waals surface area (Å²) in [6.45, 7) is 4.95. The minimum absolute atomic E-state index is 0.0198. The number of aliphatic hydroxyl groups excluding tert-OH is 2. The first-order valence-corrected chi connectivity index (χ1v) is 38.1. The van der Waals surface area contributed by atoms with Gasteiger partial charge in [-0.05, 0) is 57.8 Å². The van der Waals surface area contributed by atoms with Gasteiger partial charge in [0.1, 0.15) is 0 Å². The van der Waals surface area contributed by atoms with Crippen molar-refractivity contribution in [3.8, 4) is 0 Å². The van der Waals surface area contributed by atoms with E-state index in [9.17, 15) is 19.8 Å². The molecule has 0 fully saturated rings. The van der Waals surface area contributed by atoms with Crippen LogP contribution < -0.4 is 5.32 Å². The molecule has 0 saturated heterocycles. The Balaban J connectivity index is 3.38. The summed E-state index contributed by atoms with van der Waals surface area (Å²) in [5.74, 6) is -0.0413. The highest BCUT2D eigenvalue weighted by molar-refractivity contribution is 5.76. The largest absolute Gasteiger partial charge is 0.466 e. The fourth-order valence-corrected chi connectivity index (χ4v) is 12.2. The number of nitrogens with one attached hydrogen (secondary N) is 1. The van der Waals surface area contributed by atoms with Crippen LogP contribution in [0.5, 0.6) is 0 Å². The van der Waals surface area contributed by atoms with Crippen LogP contribution in [0.3, 0.4) is 0 Å². The second kappa shape index (κ2) is 72.8. The summed E-state index contributed by atoms with van der Waals surface area (Å²) in [6.07, 6.45) is 92.8. The molecular formula is C77H149NO5. The quantitative estimate of drug-likeness (QED) is 0.0320. The standard InChI is InChI=1S/C77H149NO5/c1-3-5-7-9-11-13-15-17-18-19-20-21-33-36-39-42-46-49-53-57-61-65-69-75(80)74(73-79)78-76(81)70-66-62-58-54-50-47-43-40-37-34-31-29-27-25-23-22-24-26-28-30-32-35-38-41-44-48-52-56-60-64-68-72-83-77(82)71-67-63-59-55-51-45-16-14-12-10-8-6-4-2/h24,26,65,69,74-75,79-80H,3-23,25,27-64,66-68,70-73H2,1-2H3,(H,78,81)/b26-24-,69-65+. The number of hydrogen-bond donors (Lipinski definition) is 3. The Kier molecular flexibility index (Phi) is 71.4. The van der Waals surface area contributed by atoms with Crippen LogP contribution in [-0.2, 0) is 14.3 Å². The number of allylic oxidation sites excluding steroid dienone is 3. The summed E-state index contributed by atoms with van der Waals surface area (Å²) in [4.78, 5) is 24.6. The smallest absolute Gasteiger partial charge is 0.305 e. The molecule has 2 atom stereocenters. The Labute approximate surface area is 520 Å². The first-order chi connectivity index (χ1) is 41.0. The van der Waals surface area contributed by atoms with Gasteiger partial charge in [-0.15, -0.1) is 0 Å². The molecule has 0 rings (SSSR count). The van der Waals surface area contributed by atoms with Crippen molar-refractivity contribution in [2.24, 2.45) is 0 Å². The Bertz CT molecular complexity index is 1300. The molecule has 3 N–H and O–H groups in total. The average molecular weight is 1170 g/mol. The molecule has 0 spiro atoms. The molecule has 6 nitrogen and oxygen atoms in total. The summed E-state index contributed by atoms with van der Waals surface area (Å²) in [5.41, 5.74) is 0. The molecule has 0 radical (unpaired) electrons. The second-order valence-corrected chi connectivity index (χ2v) is 26.3. The van der Waals surface area contributed by atoms with E-state index in [1.54, 1.807) is 6.08 Å². The van der Waals surface area contributed by atoms with Crippen LogP contribution >= 0.6 is 0 Å². The highest BCUT2D eigenvalue weighted by atomic mass is 16.5. The zero-order chi connectivity index (χ0) is 59.9. The Morgan fingerprint density at radius 2 is 0.566 bits per heavy atom. The first-order valence-electron chi connectivity index (χ1n) is 38.1. The normalized spacial score (nSPS) is 12.6. The van der Waals surface area contributed by atoms with E-state index in [2.05, 4.69) is 31.3 Å². The van der Waals surface area contributed by atoms with Crippen molar-refractivity contribution in [2.75, 3.05) is 13.2 Å². The maximum Gasteiger partial charge on any atom is 0.305 e. The zero-order valence-electron chi connectivity index (χ0n) is 56.5. The van der Waals surface area contributed by atoms with Crippen molar-refractivity contribution in [3.63, 3.8) is 0 Å². The minimum Gasteiger partial charge on any atom is -0.466 e. The van der Waals surface area contributed by atoms with Crippen molar-refractivity contribution < 1.29 is 24.5 Å². The molecule has 0 saturated carbocycles. The lowest BCUT2D eigenvalue weighted by Gasteiger charge is -2.20. The van der Waals surface area contributed by atoms with Crippen molar-refractivity contribution in [1.82, 2.24) is 5.32 Å². The van der Waals surface area contributed by atoms with E-state index in [-0.39, 0.29) is 18.5 Å². The fourth-order valence-electron chi connectivity index (χ4n) is 12.2. The van der Waals surface area contributed by atoms with Gasteiger partial charge in [0.25, 0.3) is 0 Å². The average Bonchev–Trinajstić information content (AvgIpc) is 3.49. The molecule has 0 heterocycles. The molecular weight excluding hydrogens is 1020 g/mol. The number of hydrogen-bond acceptors (Lipinski definition) is 5. The van der Waals surface area contributed by atoms with Gasteiger partial charge in [-0.25, -0.2) is 0 Å². The first kappa shape index (κ1) is 81.3. The zero-order valence-corrected chi connectivity index (χ0v) is 56.5. The summed E-state index contributed by atoms with van der Waals surface area (Å²) >= 11 is 0. The number of esters is 1. The fraction of sp³-hybridized carbons (Fsp3) is 0.922. The molecule has 6 heteroatoms. The van der Waals surface area contributed by atoms with Crippen LogP contribution in [0.4, 0.5) is 0 Å². The van der Waals surface area contributed by atoms with Crippen molar-refractivity contribution in [1.29, 1.82) is 0 Å². The van der Waals surface area contributed by atoms with Gasteiger partial charge in [0.15, 0.2) is 0 Å². The Hall–Kier alpha value is -1.66. The molecule has 0 aromatic rings. The number of amides is 1. The highest BCUT2D eigenvalue weighted by Gasteiger charge is 2.18. The van der Waals surface area contributed by atoms with E-state index in [1.165, 1.54) is 366 Å². The van der Waals surface area contributed by atoms with Gasteiger partial charge in [-0.1, -0.05) is 385 Å². The topological polar surface area (TPSA) is 95.9 Å². The van der Waals surface area contributed by atoms with Gasteiger partial charge in [0, 0.05) is 12.8 Å². The van der Waals surface area contributed by atoms with E-state index in [0.29, 0.717) is 19.4 Å². The summed E-state index contributed by atoms with van der Waals surface area (Å²) < 4.78 is 5.49. The predicted octanol–water partition coefficient (Wildman–Crippen LogP) is 24.9. The van der Waals surface area contributed by atoms with Gasteiger partial charge >= 0.3 is 5.97 Å². The van der Waals surface area contributed by atoms with Crippen LogP contribution in [0.25, 0.3) is 0 Å².